The molecule has 8 nitrogen and oxygen atoms in total. The number of nitrogens with two attached hydrogens (primary N) is 2. The maximum absolute atomic E-state index is 6.11. The molecular formula is C20H17ClN6O2. The van der Waals surface area contributed by atoms with E-state index in [1.165, 1.54) is 0 Å². The number of benzene rings is 2. The Morgan fingerprint density at radius 3 is 2.62 bits per heavy atom. The van der Waals surface area contributed by atoms with Crippen molar-refractivity contribution in [2.75, 3.05) is 23.6 Å². The van der Waals surface area contributed by atoms with Crippen LogP contribution < -0.4 is 26.3 Å². The van der Waals surface area contributed by atoms with Crippen molar-refractivity contribution in [1.82, 2.24) is 9.97 Å². The minimum atomic E-state index is -0.119. The van der Waals surface area contributed by atoms with Crippen molar-refractivity contribution in [2.45, 2.75) is 12.5 Å². The zero-order valence-electron chi connectivity index (χ0n) is 15.2. The lowest BCUT2D eigenvalue weighted by Crippen LogP contribution is -2.15. The maximum atomic E-state index is 6.11. The third kappa shape index (κ3) is 3.27. The molecule has 2 aliphatic rings. The van der Waals surface area contributed by atoms with Gasteiger partial charge in [-0.2, -0.15) is 9.97 Å². The van der Waals surface area contributed by atoms with Crippen LogP contribution in [0.4, 0.5) is 23.3 Å². The van der Waals surface area contributed by atoms with E-state index in [1.54, 1.807) is 0 Å². The second-order valence-electron chi connectivity index (χ2n) is 6.74. The largest absolute Gasteiger partial charge is 0.454 e. The SMILES string of the molecule is Nc1nc(N)c2c(n1)NC(c1ccc(Cl)cc1)CC(c1ccc3c(c1)OCO3)=N2. The molecule has 0 spiro atoms. The smallest absolute Gasteiger partial charge is 0.231 e. The third-order valence-corrected chi connectivity index (χ3v) is 5.11. The average molecular weight is 409 g/mol. The van der Waals surface area contributed by atoms with Gasteiger partial charge in [-0.05, 0) is 41.5 Å². The van der Waals surface area contributed by atoms with E-state index in [0.29, 0.717) is 34.4 Å². The molecule has 3 aromatic rings. The van der Waals surface area contributed by atoms with Gasteiger partial charge in [-0.15, -0.1) is 0 Å². The summed E-state index contributed by atoms with van der Waals surface area (Å²) < 4.78 is 10.9. The predicted octanol–water partition coefficient (Wildman–Crippen LogP) is 3.70. The van der Waals surface area contributed by atoms with Crippen molar-refractivity contribution in [3.63, 3.8) is 0 Å². The Labute approximate surface area is 171 Å². The molecular weight excluding hydrogens is 392 g/mol. The fourth-order valence-corrected chi connectivity index (χ4v) is 3.57. The molecule has 5 rings (SSSR count). The number of nitrogens with zero attached hydrogens (tertiary/aromatic N) is 3. The molecule has 0 radical (unpaired) electrons. The first-order chi connectivity index (χ1) is 14.1. The van der Waals surface area contributed by atoms with E-state index >= 15 is 0 Å². The van der Waals surface area contributed by atoms with E-state index in [0.717, 1.165) is 16.8 Å². The highest BCUT2D eigenvalue weighted by Crippen LogP contribution is 2.39. The fraction of sp³-hybridized carbons (Fsp3) is 0.150. The van der Waals surface area contributed by atoms with E-state index in [2.05, 4.69) is 15.3 Å². The summed E-state index contributed by atoms with van der Waals surface area (Å²) in [4.78, 5) is 13.2. The Balaban J connectivity index is 1.63. The molecule has 1 unspecified atom stereocenters. The molecule has 0 saturated heterocycles. The molecule has 146 valence electrons. The van der Waals surface area contributed by atoms with Crippen LogP contribution in [0.5, 0.6) is 11.5 Å². The number of nitrogens with one attached hydrogen (secondary N) is 1. The van der Waals surface area contributed by atoms with Crippen molar-refractivity contribution in [3.05, 3.63) is 58.6 Å². The Morgan fingerprint density at radius 2 is 1.79 bits per heavy atom. The summed E-state index contributed by atoms with van der Waals surface area (Å²) in [6.45, 7) is 0.211. The van der Waals surface area contributed by atoms with Gasteiger partial charge in [-0.25, -0.2) is 4.99 Å². The predicted molar refractivity (Wildman–Crippen MR) is 112 cm³/mol. The number of hydrogen-bond acceptors (Lipinski definition) is 8. The van der Waals surface area contributed by atoms with Crippen LogP contribution in [-0.2, 0) is 0 Å². The number of fused-ring (bicyclic) bond motifs is 2. The molecule has 9 heteroatoms. The van der Waals surface area contributed by atoms with Gasteiger partial charge in [-0.3, -0.25) is 0 Å². The van der Waals surface area contributed by atoms with Crippen LogP contribution in [0.2, 0.25) is 5.02 Å². The quantitative estimate of drug-likeness (QED) is 0.591. The first-order valence-electron chi connectivity index (χ1n) is 8.99. The van der Waals surface area contributed by atoms with Crippen LogP contribution >= 0.6 is 11.6 Å². The number of rotatable bonds is 2. The highest BCUT2D eigenvalue weighted by atomic mass is 35.5. The minimum Gasteiger partial charge on any atom is -0.454 e. The molecule has 0 bridgehead atoms. The molecule has 29 heavy (non-hydrogen) atoms. The number of ether oxygens (including phenoxy) is 2. The fourth-order valence-electron chi connectivity index (χ4n) is 3.45. The first-order valence-corrected chi connectivity index (χ1v) is 9.37. The summed E-state index contributed by atoms with van der Waals surface area (Å²) in [5, 5.41) is 4.07. The lowest BCUT2D eigenvalue weighted by Gasteiger charge is -2.19. The second-order valence-corrected chi connectivity index (χ2v) is 7.18. The molecule has 0 amide bonds. The molecule has 0 fully saturated rings. The topological polar surface area (TPSA) is 121 Å². The minimum absolute atomic E-state index is 0.0883. The highest BCUT2D eigenvalue weighted by molar-refractivity contribution is 6.30. The Hall–Kier alpha value is -3.52. The molecule has 3 heterocycles. The summed E-state index contributed by atoms with van der Waals surface area (Å²) in [5.74, 6) is 2.20. The van der Waals surface area contributed by atoms with Crippen LogP contribution in [0.15, 0.2) is 47.5 Å². The van der Waals surface area contributed by atoms with E-state index in [9.17, 15) is 0 Å². The Kier molecular flexibility index (Phi) is 4.13. The summed E-state index contributed by atoms with van der Waals surface area (Å²) in [6.07, 6.45) is 0.580. The van der Waals surface area contributed by atoms with Gasteiger partial charge >= 0.3 is 0 Å². The maximum Gasteiger partial charge on any atom is 0.231 e. The number of aliphatic imine (C=N–C) groups is 1. The first kappa shape index (κ1) is 17.6. The zero-order chi connectivity index (χ0) is 20.0. The molecule has 2 aliphatic heterocycles. The van der Waals surface area contributed by atoms with Gasteiger partial charge in [-0.1, -0.05) is 23.7 Å². The van der Waals surface area contributed by atoms with Crippen molar-refractivity contribution in [2.24, 2.45) is 4.99 Å². The summed E-state index contributed by atoms with van der Waals surface area (Å²) >= 11 is 6.06. The van der Waals surface area contributed by atoms with Crippen molar-refractivity contribution in [3.8, 4) is 11.5 Å². The van der Waals surface area contributed by atoms with Gasteiger partial charge in [0.05, 0.1) is 11.8 Å². The van der Waals surface area contributed by atoms with E-state index in [1.807, 2.05) is 42.5 Å². The van der Waals surface area contributed by atoms with Crippen LogP contribution in [0.25, 0.3) is 0 Å². The number of nitrogen functional groups attached to an aromatic ring is 2. The molecule has 2 aromatic carbocycles. The van der Waals surface area contributed by atoms with Gasteiger partial charge in [0.25, 0.3) is 0 Å². The van der Waals surface area contributed by atoms with Crippen molar-refractivity contribution < 1.29 is 9.47 Å². The molecule has 5 N–H and O–H groups in total. The number of anilines is 3. The van der Waals surface area contributed by atoms with E-state index in [4.69, 9.17) is 37.5 Å². The van der Waals surface area contributed by atoms with Gasteiger partial charge in [0.1, 0.15) is 5.69 Å². The highest BCUT2D eigenvalue weighted by Gasteiger charge is 2.25. The lowest BCUT2D eigenvalue weighted by molar-refractivity contribution is 0.174. The van der Waals surface area contributed by atoms with Crippen LogP contribution in [-0.4, -0.2) is 22.5 Å². The standard InChI is InChI=1S/C20H17ClN6O2/c21-12-4-1-10(2-5-12)13-8-14(11-3-6-15-16(7-11)29-9-28-15)24-17-18(22)26-20(23)27-19(17)25-13/h1-7,13H,8-9H2,(H5,22,23,25,26,27). The number of hydrogen-bond donors (Lipinski definition) is 3. The summed E-state index contributed by atoms with van der Waals surface area (Å²) in [5.41, 5.74) is 15.1. The van der Waals surface area contributed by atoms with Gasteiger partial charge in [0.2, 0.25) is 12.7 Å². The van der Waals surface area contributed by atoms with Gasteiger partial charge < -0.3 is 26.3 Å². The van der Waals surface area contributed by atoms with E-state index in [-0.39, 0.29) is 24.6 Å². The van der Waals surface area contributed by atoms with Crippen LogP contribution in [0.1, 0.15) is 23.6 Å². The summed E-state index contributed by atoms with van der Waals surface area (Å²) in [7, 11) is 0. The molecule has 1 aromatic heterocycles. The zero-order valence-corrected chi connectivity index (χ0v) is 16.0. The molecule has 1 atom stereocenters. The van der Waals surface area contributed by atoms with Crippen molar-refractivity contribution in [1.29, 1.82) is 0 Å². The average Bonchev–Trinajstić information content (AvgIpc) is 3.08. The number of aromatic nitrogens is 2. The lowest BCUT2D eigenvalue weighted by atomic mass is 9.97. The van der Waals surface area contributed by atoms with Crippen LogP contribution in [0.3, 0.4) is 0 Å². The second kappa shape index (κ2) is 6.82. The monoisotopic (exact) mass is 408 g/mol. The Bertz CT molecular complexity index is 1130. The summed E-state index contributed by atoms with van der Waals surface area (Å²) in [6, 6.07) is 13.3. The third-order valence-electron chi connectivity index (χ3n) is 4.86. The molecule has 0 saturated carbocycles. The molecule has 0 aliphatic carbocycles. The van der Waals surface area contributed by atoms with Crippen LogP contribution in [0, 0.1) is 0 Å². The van der Waals surface area contributed by atoms with Gasteiger partial charge in [0, 0.05) is 11.4 Å². The normalized spacial score (nSPS) is 17.1. The van der Waals surface area contributed by atoms with Gasteiger partial charge in [0.15, 0.2) is 23.1 Å². The van der Waals surface area contributed by atoms with E-state index < -0.39 is 0 Å². The number of halogens is 1. The Morgan fingerprint density at radius 1 is 1.00 bits per heavy atom. The van der Waals surface area contributed by atoms with Crippen molar-refractivity contribution >= 4 is 40.6 Å².